The van der Waals surface area contributed by atoms with E-state index in [0.717, 1.165) is 6.42 Å². The molecule has 0 spiro atoms. The molecule has 1 nitrogen and oxygen atoms in total. The molecule has 1 N–H and O–H groups in total. The summed E-state index contributed by atoms with van der Waals surface area (Å²) in [5.74, 6) is 0. The molecular weight excluding hydrogens is 158 g/mol. The molecule has 0 bridgehead atoms. The number of aryl methyl sites for hydroxylation is 1. The maximum Gasteiger partial charge on any atom is 0.0217 e. The van der Waals surface area contributed by atoms with Crippen LogP contribution in [0.5, 0.6) is 0 Å². The second kappa shape index (κ2) is 6.53. The summed E-state index contributed by atoms with van der Waals surface area (Å²) in [6.45, 7) is 10.4. The number of nitrogens with one attached hydrogen (secondary N) is 1. The van der Waals surface area contributed by atoms with Crippen LogP contribution in [0.25, 0.3) is 6.08 Å². The second-order valence-corrected chi connectivity index (χ2v) is 2.99. The lowest BCUT2D eigenvalue weighted by Crippen LogP contribution is -1.82. The van der Waals surface area contributed by atoms with Gasteiger partial charge in [-0.15, -0.1) is 0 Å². The zero-order valence-corrected chi connectivity index (χ0v) is 9.44. The zero-order valence-electron chi connectivity index (χ0n) is 9.44. The van der Waals surface area contributed by atoms with Gasteiger partial charge in [0.2, 0.25) is 0 Å². The molecular formula is C12H21N. The fraction of sp³-hybridized carbons (Fsp3) is 0.500. The van der Waals surface area contributed by atoms with E-state index in [4.69, 9.17) is 0 Å². The molecule has 0 fully saturated rings. The summed E-state index contributed by atoms with van der Waals surface area (Å²) in [4.78, 5) is 3.22. The third-order valence-corrected chi connectivity index (χ3v) is 1.67. The van der Waals surface area contributed by atoms with Crippen LogP contribution in [0.2, 0.25) is 0 Å². The van der Waals surface area contributed by atoms with Crippen LogP contribution in [0.3, 0.4) is 0 Å². The minimum Gasteiger partial charge on any atom is -0.364 e. The number of H-pyrrole nitrogens is 1. The van der Waals surface area contributed by atoms with Crippen molar-refractivity contribution in [2.75, 3.05) is 0 Å². The summed E-state index contributed by atoms with van der Waals surface area (Å²) in [6, 6.07) is 2.12. The largest absolute Gasteiger partial charge is 0.364 e. The third kappa shape index (κ3) is 3.97. The van der Waals surface area contributed by atoms with Crippen LogP contribution >= 0.6 is 0 Å². The summed E-state index contributed by atoms with van der Waals surface area (Å²) >= 11 is 0. The van der Waals surface area contributed by atoms with Gasteiger partial charge < -0.3 is 4.98 Å². The molecule has 0 aliphatic rings. The molecule has 1 aromatic rings. The summed E-state index contributed by atoms with van der Waals surface area (Å²) in [5.41, 5.74) is 4.00. The minimum absolute atomic E-state index is 1.08. The van der Waals surface area contributed by atoms with Crippen molar-refractivity contribution in [3.8, 4) is 0 Å². The Balaban J connectivity index is 0.000000671. The number of hydrogen-bond acceptors (Lipinski definition) is 0. The first-order valence-corrected chi connectivity index (χ1v) is 5.05. The number of rotatable bonds is 2. The first-order valence-electron chi connectivity index (χ1n) is 5.05. The van der Waals surface area contributed by atoms with Crippen LogP contribution in [-0.2, 0) is 6.42 Å². The maximum atomic E-state index is 3.22. The van der Waals surface area contributed by atoms with E-state index in [2.05, 4.69) is 37.9 Å². The number of hydrogen-bond donors (Lipinski definition) is 1. The van der Waals surface area contributed by atoms with Gasteiger partial charge in [-0.1, -0.05) is 32.4 Å². The molecule has 1 heterocycles. The van der Waals surface area contributed by atoms with Gasteiger partial charge in [0.1, 0.15) is 0 Å². The van der Waals surface area contributed by atoms with E-state index in [0.29, 0.717) is 0 Å². The van der Waals surface area contributed by atoms with E-state index >= 15 is 0 Å². The third-order valence-electron chi connectivity index (χ3n) is 1.67. The monoisotopic (exact) mass is 179 g/mol. The number of allylic oxidation sites excluding steroid dienone is 1. The van der Waals surface area contributed by atoms with Crippen LogP contribution in [0.1, 0.15) is 45.9 Å². The summed E-state index contributed by atoms with van der Waals surface area (Å²) < 4.78 is 0. The van der Waals surface area contributed by atoms with Crippen molar-refractivity contribution >= 4 is 6.08 Å². The van der Waals surface area contributed by atoms with Gasteiger partial charge in [-0.05, 0) is 31.9 Å². The molecule has 1 rings (SSSR count). The standard InChI is InChI=1S/C10H15N.C2H6/c1-4-10-9(5-6-11-10)7-8(2)3;1-2/h5-7,11H,4H2,1-3H3;1-2H3. The van der Waals surface area contributed by atoms with Gasteiger partial charge in [-0.3, -0.25) is 0 Å². The van der Waals surface area contributed by atoms with E-state index in [9.17, 15) is 0 Å². The molecule has 0 saturated heterocycles. The molecule has 13 heavy (non-hydrogen) atoms. The summed E-state index contributed by atoms with van der Waals surface area (Å²) in [5, 5.41) is 0. The molecule has 0 atom stereocenters. The molecule has 1 aromatic heterocycles. The maximum absolute atomic E-state index is 3.22. The van der Waals surface area contributed by atoms with Crippen LogP contribution in [0, 0.1) is 0 Å². The molecule has 1 heteroatoms. The molecule has 74 valence electrons. The lowest BCUT2D eigenvalue weighted by molar-refractivity contribution is 1.06. The van der Waals surface area contributed by atoms with Gasteiger partial charge in [0.15, 0.2) is 0 Å². The average molecular weight is 179 g/mol. The lowest BCUT2D eigenvalue weighted by Gasteiger charge is -1.94. The Morgan fingerprint density at radius 1 is 1.38 bits per heavy atom. The molecule has 0 aromatic carbocycles. The molecule has 0 aliphatic carbocycles. The van der Waals surface area contributed by atoms with Crippen molar-refractivity contribution in [2.24, 2.45) is 0 Å². The predicted octanol–water partition coefficient (Wildman–Crippen LogP) is 4.03. The topological polar surface area (TPSA) is 15.8 Å². The Hall–Kier alpha value is -0.980. The zero-order chi connectivity index (χ0) is 10.3. The van der Waals surface area contributed by atoms with Crippen molar-refractivity contribution in [2.45, 2.75) is 41.0 Å². The average Bonchev–Trinajstić information content (AvgIpc) is 2.54. The van der Waals surface area contributed by atoms with Gasteiger partial charge in [0.25, 0.3) is 0 Å². The molecule has 0 unspecified atom stereocenters. The van der Waals surface area contributed by atoms with Crippen molar-refractivity contribution < 1.29 is 0 Å². The summed E-state index contributed by atoms with van der Waals surface area (Å²) in [6.07, 6.45) is 5.27. The van der Waals surface area contributed by atoms with Crippen molar-refractivity contribution in [3.63, 3.8) is 0 Å². The quantitative estimate of drug-likeness (QED) is 0.705. The smallest absolute Gasteiger partial charge is 0.0217 e. The van der Waals surface area contributed by atoms with E-state index < -0.39 is 0 Å². The highest BCUT2D eigenvalue weighted by Crippen LogP contribution is 2.11. The highest BCUT2D eigenvalue weighted by atomic mass is 14.7. The van der Waals surface area contributed by atoms with Gasteiger partial charge in [-0.2, -0.15) is 0 Å². The van der Waals surface area contributed by atoms with Crippen LogP contribution in [0.15, 0.2) is 17.8 Å². The fourth-order valence-electron chi connectivity index (χ4n) is 1.17. The van der Waals surface area contributed by atoms with E-state index in [1.54, 1.807) is 0 Å². The molecule has 0 aliphatic heterocycles. The number of aromatic nitrogens is 1. The van der Waals surface area contributed by atoms with Crippen LogP contribution < -0.4 is 0 Å². The van der Waals surface area contributed by atoms with Crippen molar-refractivity contribution in [1.82, 2.24) is 4.98 Å². The van der Waals surface area contributed by atoms with Gasteiger partial charge in [0.05, 0.1) is 0 Å². The molecule has 0 radical (unpaired) electrons. The van der Waals surface area contributed by atoms with E-state index in [-0.39, 0.29) is 0 Å². The summed E-state index contributed by atoms with van der Waals surface area (Å²) in [7, 11) is 0. The second-order valence-electron chi connectivity index (χ2n) is 2.99. The highest BCUT2D eigenvalue weighted by Gasteiger charge is 1.96. The molecule has 0 saturated carbocycles. The normalized spacial score (nSPS) is 8.69. The highest BCUT2D eigenvalue weighted by molar-refractivity contribution is 5.54. The van der Waals surface area contributed by atoms with Gasteiger partial charge in [0, 0.05) is 11.9 Å². The molecule has 0 amide bonds. The minimum atomic E-state index is 1.08. The first kappa shape index (κ1) is 12.0. The number of aromatic amines is 1. The Bertz CT molecular complexity index is 252. The van der Waals surface area contributed by atoms with Gasteiger partial charge in [-0.25, -0.2) is 0 Å². The van der Waals surface area contributed by atoms with Gasteiger partial charge >= 0.3 is 0 Å². The Labute approximate surface area is 81.9 Å². The Morgan fingerprint density at radius 2 is 2.00 bits per heavy atom. The van der Waals surface area contributed by atoms with Crippen LogP contribution in [-0.4, -0.2) is 4.98 Å². The first-order chi connectivity index (χ1) is 6.24. The Morgan fingerprint density at radius 3 is 2.46 bits per heavy atom. The van der Waals surface area contributed by atoms with Crippen molar-refractivity contribution in [3.05, 3.63) is 29.1 Å². The fourth-order valence-corrected chi connectivity index (χ4v) is 1.17. The SMILES string of the molecule is CC.CCc1[nH]ccc1C=C(C)C. The van der Waals surface area contributed by atoms with Crippen molar-refractivity contribution in [1.29, 1.82) is 0 Å². The van der Waals surface area contributed by atoms with Crippen LogP contribution in [0.4, 0.5) is 0 Å². The van der Waals surface area contributed by atoms with E-state index in [1.165, 1.54) is 16.8 Å². The Kier molecular flexibility index (Phi) is 6.03. The predicted molar refractivity (Wildman–Crippen MR) is 60.8 cm³/mol. The van der Waals surface area contributed by atoms with E-state index in [1.807, 2.05) is 20.0 Å². The lowest BCUT2D eigenvalue weighted by atomic mass is 10.1.